The SMILES string of the molecule is C=CCc1cccc2cc(-c3nnc(-c4ccco4)o3)c(=O)oc12. The maximum absolute atomic E-state index is 12.3. The minimum absolute atomic E-state index is 0.0890. The van der Waals surface area contributed by atoms with Crippen molar-refractivity contribution in [1.82, 2.24) is 10.2 Å². The molecule has 0 unspecified atom stereocenters. The molecular weight excluding hydrogens is 308 g/mol. The van der Waals surface area contributed by atoms with E-state index in [2.05, 4.69) is 16.8 Å². The van der Waals surface area contributed by atoms with Gasteiger partial charge in [0.15, 0.2) is 5.76 Å². The number of nitrogens with zero attached hydrogens (tertiary/aromatic N) is 2. The van der Waals surface area contributed by atoms with Crippen molar-refractivity contribution in [2.75, 3.05) is 0 Å². The first kappa shape index (κ1) is 14.2. The molecule has 6 nitrogen and oxygen atoms in total. The molecule has 0 amide bonds. The van der Waals surface area contributed by atoms with Crippen LogP contribution in [0.15, 0.2) is 73.4 Å². The van der Waals surface area contributed by atoms with Crippen LogP contribution in [0.1, 0.15) is 5.56 Å². The van der Waals surface area contributed by atoms with Crippen LogP contribution in [0, 0.1) is 0 Å². The smallest absolute Gasteiger partial charge is 0.349 e. The lowest BCUT2D eigenvalue weighted by Gasteiger charge is -2.03. The Bertz CT molecular complexity index is 1070. The van der Waals surface area contributed by atoms with Gasteiger partial charge >= 0.3 is 5.63 Å². The maximum Gasteiger partial charge on any atom is 0.349 e. The minimum atomic E-state index is -0.534. The summed E-state index contributed by atoms with van der Waals surface area (Å²) in [5.41, 5.74) is 1.11. The highest BCUT2D eigenvalue weighted by Gasteiger charge is 2.17. The first-order chi connectivity index (χ1) is 11.8. The minimum Gasteiger partial charge on any atom is -0.459 e. The number of aromatic nitrogens is 2. The Morgan fingerprint density at radius 3 is 2.75 bits per heavy atom. The lowest BCUT2D eigenvalue weighted by molar-refractivity contribution is 0.517. The van der Waals surface area contributed by atoms with Crippen LogP contribution in [-0.4, -0.2) is 10.2 Å². The molecule has 0 N–H and O–H groups in total. The van der Waals surface area contributed by atoms with Crippen molar-refractivity contribution in [1.29, 1.82) is 0 Å². The first-order valence-corrected chi connectivity index (χ1v) is 7.30. The summed E-state index contributed by atoms with van der Waals surface area (Å²) < 4.78 is 16.2. The normalized spacial score (nSPS) is 11.0. The number of para-hydroxylation sites is 1. The number of fused-ring (bicyclic) bond motifs is 1. The van der Waals surface area contributed by atoms with E-state index in [-0.39, 0.29) is 17.3 Å². The Kier molecular flexibility index (Phi) is 3.35. The van der Waals surface area contributed by atoms with Crippen molar-refractivity contribution in [3.05, 3.63) is 71.3 Å². The van der Waals surface area contributed by atoms with Gasteiger partial charge in [0.2, 0.25) is 0 Å². The quantitative estimate of drug-likeness (QED) is 0.420. The molecule has 0 fully saturated rings. The Hall–Kier alpha value is -3.41. The van der Waals surface area contributed by atoms with Gasteiger partial charge < -0.3 is 13.3 Å². The highest BCUT2D eigenvalue weighted by atomic mass is 16.4. The molecule has 3 aromatic heterocycles. The summed E-state index contributed by atoms with van der Waals surface area (Å²) in [6.07, 6.45) is 3.88. The highest BCUT2D eigenvalue weighted by Crippen LogP contribution is 2.26. The molecule has 0 aliphatic rings. The van der Waals surface area contributed by atoms with Crippen LogP contribution in [0.25, 0.3) is 34.1 Å². The summed E-state index contributed by atoms with van der Waals surface area (Å²) in [6.45, 7) is 3.72. The van der Waals surface area contributed by atoms with E-state index < -0.39 is 5.63 Å². The topological polar surface area (TPSA) is 82.3 Å². The summed E-state index contributed by atoms with van der Waals surface area (Å²) in [5, 5.41) is 8.59. The Labute approximate surface area is 136 Å². The number of hydrogen-bond acceptors (Lipinski definition) is 6. The molecule has 118 valence electrons. The van der Waals surface area contributed by atoms with Crippen LogP contribution in [0.2, 0.25) is 0 Å². The Morgan fingerprint density at radius 2 is 1.96 bits per heavy atom. The zero-order valence-corrected chi connectivity index (χ0v) is 12.6. The van der Waals surface area contributed by atoms with Crippen LogP contribution in [0.5, 0.6) is 0 Å². The summed E-state index contributed by atoms with van der Waals surface area (Å²) in [7, 11) is 0. The van der Waals surface area contributed by atoms with Crippen LogP contribution < -0.4 is 5.63 Å². The van der Waals surface area contributed by atoms with E-state index >= 15 is 0 Å². The monoisotopic (exact) mass is 320 g/mol. The molecule has 3 heterocycles. The van der Waals surface area contributed by atoms with Crippen LogP contribution >= 0.6 is 0 Å². The van der Waals surface area contributed by atoms with E-state index in [9.17, 15) is 4.79 Å². The van der Waals surface area contributed by atoms with Crippen LogP contribution in [0.3, 0.4) is 0 Å². The number of benzene rings is 1. The first-order valence-electron chi connectivity index (χ1n) is 7.30. The summed E-state index contributed by atoms with van der Waals surface area (Å²) in [4.78, 5) is 12.3. The van der Waals surface area contributed by atoms with Gasteiger partial charge in [-0.1, -0.05) is 24.3 Å². The zero-order chi connectivity index (χ0) is 16.5. The summed E-state index contributed by atoms with van der Waals surface area (Å²) in [5.74, 6) is 0.730. The Morgan fingerprint density at radius 1 is 1.08 bits per heavy atom. The number of rotatable bonds is 4. The average Bonchev–Trinajstić information content (AvgIpc) is 3.26. The molecule has 0 aliphatic carbocycles. The van der Waals surface area contributed by atoms with E-state index in [4.69, 9.17) is 13.3 Å². The van der Waals surface area contributed by atoms with E-state index in [1.54, 1.807) is 24.3 Å². The highest BCUT2D eigenvalue weighted by molar-refractivity contribution is 5.83. The van der Waals surface area contributed by atoms with E-state index in [1.165, 1.54) is 6.26 Å². The molecule has 0 atom stereocenters. The molecule has 0 radical (unpaired) electrons. The standard InChI is InChI=1S/C18H12N2O4/c1-2-5-11-6-3-7-12-10-13(18(21)23-15(11)12)16-19-20-17(24-16)14-8-4-9-22-14/h2-4,6-10H,1,5H2. The molecule has 24 heavy (non-hydrogen) atoms. The van der Waals surface area contributed by atoms with Crippen LogP contribution in [-0.2, 0) is 6.42 Å². The van der Waals surface area contributed by atoms with E-state index in [0.717, 1.165) is 10.9 Å². The fourth-order valence-electron chi connectivity index (χ4n) is 2.50. The Balaban J connectivity index is 1.84. The molecule has 0 aliphatic heterocycles. The van der Waals surface area contributed by atoms with Crippen molar-refractivity contribution < 1.29 is 13.3 Å². The van der Waals surface area contributed by atoms with E-state index in [0.29, 0.717) is 17.8 Å². The number of allylic oxidation sites excluding steroid dienone is 1. The molecule has 0 saturated heterocycles. The van der Waals surface area contributed by atoms with E-state index in [1.807, 2.05) is 18.2 Å². The maximum atomic E-state index is 12.3. The van der Waals surface area contributed by atoms with Crippen molar-refractivity contribution in [2.45, 2.75) is 6.42 Å². The van der Waals surface area contributed by atoms with Gasteiger partial charge in [-0.05, 0) is 30.2 Å². The molecular formula is C18H12N2O4. The second kappa shape index (κ2) is 5.66. The molecule has 4 aromatic rings. The van der Waals surface area contributed by atoms with Gasteiger partial charge in [0.05, 0.1) is 6.26 Å². The predicted molar refractivity (Wildman–Crippen MR) is 87.4 cm³/mol. The number of hydrogen-bond donors (Lipinski definition) is 0. The van der Waals surface area contributed by atoms with Gasteiger partial charge in [0.25, 0.3) is 11.8 Å². The van der Waals surface area contributed by atoms with Crippen molar-refractivity contribution >= 4 is 11.0 Å². The fourth-order valence-corrected chi connectivity index (χ4v) is 2.50. The zero-order valence-electron chi connectivity index (χ0n) is 12.6. The third-order valence-electron chi connectivity index (χ3n) is 3.59. The van der Waals surface area contributed by atoms with Gasteiger partial charge in [0.1, 0.15) is 11.1 Å². The molecule has 0 bridgehead atoms. The summed E-state index contributed by atoms with van der Waals surface area (Å²) >= 11 is 0. The molecule has 0 saturated carbocycles. The predicted octanol–water partition coefficient (Wildman–Crippen LogP) is 3.83. The van der Waals surface area contributed by atoms with Gasteiger partial charge in [0, 0.05) is 5.39 Å². The molecule has 6 heteroatoms. The molecule has 1 aromatic carbocycles. The van der Waals surface area contributed by atoms with Crippen molar-refractivity contribution in [3.63, 3.8) is 0 Å². The largest absolute Gasteiger partial charge is 0.459 e. The molecule has 0 spiro atoms. The molecule has 4 rings (SSSR count). The second-order valence-corrected chi connectivity index (χ2v) is 5.17. The van der Waals surface area contributed by atoms with Gasteiger partial charge in [-0.2, -0.15) is 0 Å². The fraction of sp³-hybridized carbons (Fsp3) is 0.0556. The third kappa shape index (κ3) is 2.34. The number of furan rings is 1. The third-order valence-corrected chi connectivity index (χ3v) is 3.59. The second-order valence-electron chi connectivity index (χ2n) is 5.17. The van der Waals surface area contributed by atoms with Crippen LogP contribution in [0.4, 0.5) is 0 Å². The van der Waals surface area contributed by atoms with Gasteiger partial charge in [-0.25, -0.2) is 4.79 Å². The van der Waals surface area contributed by atoms with Gasteiger partial charge in [-0.15, -0.1) is 16.8 Å². The van der Waals surface area contributed by atoms with Gasteiger partial charge in [-0.3, -0.25) is 0 Å². The lowest BCUT2D eigenvalue weighted by Crippen LogP contribution is -2.04. The van der Waals surface area contributed by atoms with Crippen molar-refractivity contribution in [3.8, 4) is 23.1 Å². The summed E-state index contributed by atoms with van der Waals surface area (Å²) in [6, 6.07) is 10.7. The average molecular weight is 320 g/mol. The lowest BCUT2D eigenvalue weighted by atomic mass is 10.1. The van der Waals surface area contributed by atoms with Crippen molar-refractivity contribution in [2.24, 2.45) is 0 Å².